The summed E-state index contributed by atoms with van der Waals surface area (Å²) in [6.45, 7) is 7.38. The number of nitrogens with zero attached hydrogens (tertiary/aromatic N) is 6. The van der Waals surface area contributed by atoms with Crippen molar-refractivity contribution in [1.82, 2.24) is 34.6 Å². The van der Waals surface area contributed by atoms with Gasteiger partial charge in [-0.3, -0.25) is 9.36 Å². The normalized spacial score (nSPS) is 11.1. The lowest BCUT2D eigenvalue weighted by Gasteiger charge is -2.06. The van der Waals surface area contributed by atoms with Gasteiger partial charge < -0.3 is 11.1 Å². The van der Waals surface area contributed by atoms with E-state index in [0.717, 1.165) is 11.6 Å². The lowest BCUT2D eigenvalue weighted by atomic mass is 10.2. The second-order valence-electron chi connectivity index (χ2n) is 5.47. The maximum Gasteiger partial charge on any atom is 0.252 e. The van der Waals surface area contributed by atoms with E-state index in [1.807, 2.05) is 20.8 Å². The molecule has 3 aromatic heterocycles. The number of anilines is 1. The molecule has 0 fully saturated rings. The Morgan fingerprint density at radius 2 is 2.12 bits per heavy atom. The molecular formula is C15H20N8O. The Morgan fingerprint density at radius 3 is 2.79 bits per heavy atom. The summed E-state index contributed by atoms with van der Waals surface area (Å²) in [5.41, 5.74) is 7.60. The van der Waals surface area contributed by atoms with E-state index in [1.54, 1.807) is 15.3 Å². The van der Waals surface area contributed by atoms with Crippen LogP contribution in [0, 0.1) is 13.8 Å². The highest BCUT2D eigenvalue weighted by molar-refractivity contribution is 5.96. The highest BCUT2D eigenvalue weighted by Crippen LogP contribution is 2.16. The third-order valence-corrected chi connectivity index (χ3v) is 3.76. The summed E-state index contributed by atoms with van der Waals surface area (Å²) >= 11 is 0. The smallest absolute Gasteiger partial charge is 0.252 e. The molecule has 0 atom stereocenters. The predicted molar refractivity (Wildman–Crippen MR) is 89.4 cm³/mol. The summed E-state index contributed by atoms with van der Waals surface area (Å²) in [4.78, 5) is 25.0. The number of fused-ring (bicyclic) bond motifs is 1. The molecule has 3 N–H and O–H groups in total. The van der Waals surface area contributed by atoms with Crippen LogP contribution in [0.1, 0.15) is 28.9 Å². The number of carbonyl (C=O) groups excluding carboxylic acids is 1. The van der Waals surface area contributed by atoms with Gasteiger partial charge in [0.15, 0.2) is 5.65 Å². The molecule has 0 unspecified atom stereocenters. The number of carbonyl (C=O) groups is 1. The maximum absolute atomic E-state index is 12.3. The molecule has 0 saturated carbocycles. The second kappa shape index (κ2) is 6.26. The first-order valence-electron chi connectivity index (χ1n) is 7.77. The third kappa shape index (κ3) is 2.92. The number of nitrogen functional groups attached to an aromatic ring is 1. The number of aryl methyl sites for hydroxylation is 3. The van der Waals surface area contributed by atoms with Crippen molar-refractivity contribution in [2.45, 2.75) is 33.9 Å². The van der Waals surface area contributed by atoms with Gasteiger partial charge in [0.2, 0.25) is 5.95 Å². The number of nitrogens with one attached hydrogen (secondary N) is 1. The standard InChI is InChI=1S/C15H20N8O/c1-4-22-13-12(20-15(22)16)7-11(8-18-13)14(24)17-5-6-23-10(3)19-9(2)21-23/h7-8H,4-6H2,1-3H3,(H2,16,20)(H,17,24). The van der Waals surface area contributed by atoms with Gasteiger partial charge in [0.25, 0.3) is 5.91 Å². The summed E-state index contributed by atoms with van der Waals surface area (Å²) < 4.78 is 3.56. The Labute approximate surface area is 138 Å². The quantitative estimate of drug-likeness (QED) is 0.711. The zero-order chi connectivity index (χ0) is 17.3. The molecule has 9 nitrogen and oxygen atoms in total. The summed E-state index contributed by atoms with van der Waals surface area (Å²) in [6, 6.07) is 1.70. The zero-order valence-corrected chi connectivity index (χ0v) is 13.9. The number of imidazole rings is 1. The zero-order valence-electron chi connectivity index (χ0n) is 13.9. The van der Waals surface area contributed by atoms with Crippen LogP contribution in [0.3, 0.4) is 0 Å². The molecule has 3 aromatic rings. The van der Waals surface area contributed by atoms with Crippen LogP contribution in [0.15, 0.2) is 12.3 Å². The Hall–Kier alpha value is -2.97. The molecule has 3 rings (SSSR count). The molecule has 0 aliphatic heterocycles. The van der Waals surface area contributed by atoms with Crippen molar-refractivity contribution in [2.24, 2.45) is 0 Å². The lowest BCUT2D eigenvalue weighted by molar-refractivity contribution is 0.0951. The number of nitrogens with two attached hydrogens (primary N) is 1. The summed E-state index contributed by atoms with van der Waals surface area (Å²) in [5, 5.41) is 7.11. The van der Waals surface area contributed by atoms with Crippen molar-refractivity contribution >= 4 is 23.0 Å². The molecule has 3 heterocycles. The molecule has 1 amide bonds. The van der Waals surface area contributed by atoms with Crippen molar-refractivity contribution in [3.8, 4) is 0 Å². The minimum Gasteiger partial charge on any atom is -0.369 e. The van der Waals surface area contributed by atoms with Gasteiger partial charge >= 0.3 is 0 Å². The highest BCUT2D eigenvalue weighted by atomic mass is 16.1. The number of hydrogen-bond donors (Lipinski definition) is 2. The van der Waals surface area contributed by atoms with Gasteiger partial charge in [-0.2, -0.15) is 5.10 Å². The van der Waals surface area contributed by atoms with Crippen LogP contribution < -0.4 is 11.1 Å². The molecule has 0 spiro atoms. The van der Waals surface area contributed by atoms with E-state index < -0.39 is 0 Å². The van der Waals surface area contributed by atoms with E-state index in [2.05, 4.69) is 25.4 Å². The number of pyridine rings is 1. The number of amides is 1. The maximum atomic E-state index is 12.3. The van der Waals surface area contributed by atoms with E-state index in [1.165, 1.54) is 6.20 Å². The lowest BCUT2D eigenvalue weighted by Crippen LogP contribution is -2.28. The average molecular weight is 328 g/mol. The van der Waals surface area contributed by atoms with E-state index in [9.17, 15) is 4.79 Å². The number of rotatable bonds is 5. The largest absolute Gasteiger partial charge is 0.369 e. The van der Waals surface area contributed by atoms with Crippen LogP contribution in [-0.2, 0) is 13.1 Å². The highest BCUT2D eigenvalue weighted by Gasteiger charge is 2.12. The summed E-state index contributed by atoms with van der Waals surface area (Å²) in [7, 11) is 0. The first-order chi connectivity index (χ1) is 11.5. The first-order valence-corrected chi connectivity index (χ1v) is 7.77. The molecular weight excluding hydrogens is 308 g/mol. The van der Waals surface area contributed by atoms with Gasteiger partial charge in [0.05, 0.1) is 12.1 Å². The van der Waals surface area contributed by atoms with Gasteiger partial charge in [0, 0.05) is 19.3 Å². The fourth-order valence-electron chi connectivity index (χ4n) is 2.61. The van der Waals surface area contributed by atoms with Crippen molar-refractivity contribution < 1.29 is 4.79 Å². The van der Waals surface area contributed by atoms with Crippen LogP contribution in [0.4, 0.5) is 5.95 Å². The Kier molecular flexibility index (Phi) is 4.15. The van der Waals surface area contributed by atoms with Crippen LogP contribution in [0.25, 0.3) is 11.2 Å². The first kappa shape index (κ1) is 15.9. The van der Waals surface area contributed by atoms with E-state index in [0.29, 0.717) is 42.3 Å². The molecule has 0 aliphatic carbocycles. The summed E-state index contributed by atoms with van der Waals surface area (Å²) in [6.07, 6.45) is 1.54. The van der Waals surface area contributed by atoms with Gasteiger partial charge in [0.1, 0.15) is 17.2 Å². The molecule has 0 bridgehead atoms. The van der Waals surface area contributed by atoms with Gasteiger partial charge in [-0.15, -0.1) is 0 Å². The van der Waals surface area contributed by atoms with Gasteiger partial charge in [-0.1, -0.05) is 0 Å². The van der Waals surface area contributed by atoms with Gasteiger partial charge in [-0.05, 0) is 26.8 Å². The van der Waals surface area contributed by atoms with Gasteiger partial charge in [-0.25, -0.2) is 19.6 Å². The van der Waals surface area contributed by atoms with Crippen molar-refractivity contribution in [1.29, 1.82) is 0 Å². The van der Waals surface area contributed by atoms with Crippen LogP contribution in [0.2, 0.25) is 0 Å². The molecule has 0 aromatic carbocycles. The van der Waals surface area contributed by atoms with E-state index >= 15 is 0 Å². The second-order valence-corrected chi connectivity index (χ2v) is 5.47. The molecule has 24 heavy (non-hydrogen) atoms. The minimum atomic E-state index is -0.205. The van der Waals surface area contributed by atoms with Crippen molar-refractivity contribution in [2.75, 3.05) is 12.3 Å². The Bertz CT molecular complexity index is 894. The summed E-state index contributed by atoms with van der Waals surface area (Å²) in [5.74, 6) is 1.74. The monoisotopic (exact) mass is 328 g/mol. The van der Waals surface area contributed by atoms with Crippen LogP contribution in [-0.4, -0.2) is 41.8 Å². The SMILES string of the molecule is CCn1c(N)nc2cc(C(=O)NCCn3nc(C)nc3C)cnc21. The fraction of sp³-hybridized carbons (Fsp3) is 0.400. The Balaban J connectivity index is 1.68. The molecule has 0 radical (unpaired) electrons. The van der Waals surface area contributed by atoms with Crippen molar-refractivity contribution in [3.05, 3.63) is 29.5 Å². The topological polar surface area (TPSA) is 117 Å². The predicted octanol–water partition coefficient (Wildman–Crippen LogP) is 0.672. The Morgan fingerprint density at radius 1 is 1.33 bits per heavy atom. The van der Waals surface area contributed by atoms with Crippen LogP contribution >= 0.6 is 0 Å². The minimum absolute atomic E-state index is 0.205. The van der Waals surface area contributed by atoms with E-state index in [-0.39, 0.29) is 5.91 Å². The van der Waals surface area contributed by atoms with Crippen molar-refractivity contribution in [3.63, 3.8) is 0 Å². The molecule has 0 saturated heterocycles. The average Bonchev–Trinajstić information content (AvgIpc) is 3.04. The molecule has 126 valence electrons. The molecule has 0 aliphatic rings. The fourth-order valence-corrected chi connectivity index (χ4v) is 2.61. The number of aromatic nitrogens is 6. The van der Waals surface area contributed by atoms with E-state index in [4.69, 9.17) is 5.73 Å². The molecule has 9 heteroatoms. The van der Waals surface area contributed by atoms with Crippen LogP contribution in [0.5, 0.6) is 0 Å². The number of hydrogen-bond acceptors (Lipinski definition) is 6. The third-order valence-electron chi connectivity index (χ3n) is 3.76.